The predicted octanol–water partition coefficient (Wildman–Crippen LogP) is 3.76. The van der Waals surface area contributed by atoms with Gasteiger partial charge in [0.05, 0.1) is 16.7 Å². The largest absolute Gasteiger partial charge is 0.350 e. The molecular formula is C21H25N5O. The van der Waals surface area contributed by atoms with Gasteiger partial charge in [0.2, 0.25) is 5.91 Å². The summed E-state index contributed by atoms with van der Waals surface area (Å²) in [6.07, 6.45) is 7.58. The number of carbonyl (C=O) groups excluding carboxylic acids is 1. The number of aromatic amines is 2. The second kappa shape index (κ2) is 7.39. The first kappa shape index (κ1) is 17.5. The number of aryl methyl sites for hydroxylation is 2. The number of hydrogen-bond donors (Lipinski definition) is 3. The highest BCUT2D eigenvalue weighted by Crippen LogP contribution is 2.32. The van der Waals surface area contributed by atoms with Crippen molar-refractivity contribution < 1.29 is 4.79 Å². The monoisotopic (exact) mass is 363 g/mol. The molecule has 0 radical (unpaired) electrons. The van der Waals surface area contributed by atoms with Crippen molar-refractivity contribution in [1.82, 2.24) is 25.5 Å². The Labute approximate surface area is 158 Å². The number of H-pyrrole nitrogens is 2. The van der Waals surface area contributed by atoms with Crippen LogP contribution in [0.25, 0.3) is 17.1 Å². The van der Waals surface area contributed by atoms with Crippen LogP contribution in [0.3, 0.4) is 0 Å². The minimum atomic E-state index is -0.0507. The van der Waals surface area contributed by atoms with E-state index in [1.54, 1.807) is 6.08 Å². The van der Waals surface area contributed by atoms with E-state index in [2.05, 4.69) is 26.6 Å². The average molecular weight is 363 g/mol. The van der Waals surface area contributed by atoms with Gasteiger partial charge in [-0.15, -0.1) is 0 Å². The Morgan fingerprint density at radius 2 is 2.11 bits per heavy atom. The lowest BCUT2D eigenvalue weighted by Gasteiger charge is -2.28. The number of benzene rings is 1. The molecule has 1 amide bonds. The number of aromatic nitrogens is 4. The summed E-state index contributed by atoms with van der Waals surface area (Å²) in [5.74, 6) is 1.35. The van der Waals surface area contributed by atoms with Crippen LogP contribution in [0.4, 0.5) is 0 Å². The highest BCUT2D eigenvalue weighted by Gasteiger charge is 2.26. The summed E-state index contributed by atoms with van der Waals surface area (Å²) in [4.78, 5) is 20.6. The Kier molecular flexibility index (Phi) is 4.79. The fourth-order valence-corrected chi connectivity index (χ4v) is 3.95. The summed E-state index contributed by atoms with van der Waals surface area (Å²) in [5, 5.41) is 10.2. The van der Waals surface area contributed by atoms with Crippen LogP contribution in [-0.4, -0.2) is 32.1 Å². The number of rotatable bonds is 4. The van der Waals surface area contributed by atoms with Crippen molar-refractivity contribution in [2.24, 2.45) is 0 Å². The zero-order valence-corrected chi connectivity index (χ0v) is 15.7. The normalized spacial score (nSPS) is 20.4. The zero-order valence-electron chi connectivity index (χ0n) is 15.7. The summed E-state index contributed by atoms with van der Waals surface area (Å²) in [7, 11) is 0. The molecule has 2 unspecified atom stereocenters. The molecule has 6 heteroatoms. The molecule has 4 rings (SSSR count). The van der Waals surface area contributed by atoms with Gasteiger partial charge in [0.1, 0.15) is 5.82 Å². The zero-order chi connectivity index (χ0) is 18.8. The van der Waals surface area contributed by atoms with Crippen molar-refractivity contribution in [3.8, 4) is 0 Å². The van der Waals surface area contributed by atoms with E-state index in [0.29, 0.717) is 5.92 Å². The van der Waals surface area contributed by atoms with Crippen molar-refractivity contribution in [3.05, 3.63) is 53.1 Å². The van der Waals surface area contributed by atoms with Gasteiger partial charge in [-0.2, -0.15) is 5.10 Å². The molecule has 6 nitrogen and oxygen atoms in total. The van der Waals surface area contributed by atoms with Gasteiger partial charge < -0.3 is 10.3 Å². The molecule has 2 heterocycles. The molecule has 1 aliphatic carbocycles. The van der Waals surface area contributed by atoms with E-state index < -0.39 is 0 Å². The van der Waals surface area contributed by atoms with E-state index >= 15 is 0 Å². The molecule has 0 saturated heterocycles. The predicted molar refractivity (Wildman–Crippen MR) is 106 cm³/mol. The minimum Gasteiger partial charge on any atom is -0.350 e. The summed E-state index contributed by atoms with van der Waals surface area (Å²) in [6.45, 7) is 3.89. The lowest BCUT2D eigenvalue weighted by Crippen LogP contribution is -2.37. The van der Waals surface area contributed by atoms with Crippen LogP contribution in [0.1, 0.15) is 54.4 Å². The first-order chi connectivity index (χ1) is 13.1. The molecule has 0 bridgehead atoms. The van der Waals surface area contributed by atoms with Gasteiger partial charge in [-0.25, -0.2) is 4.98 Å². The van der Waals surface area contributed by atoms with Crippen LogP contribution in [0.2, 0.25) is 0 Å². The number of carbonyl (C=O) groups is 1. The van der Waals surface area contributed by atoms with Crippen molar-refractivity contribution in [2.45, 2.75) is 51.5 Å². The van der Waals surface area contributed by atoms with Gasteiger partial charge in [0.25, 0.3) is 0 Å². The van der Waals surface area contributed by atoms with E-state index in [9.17, 15) is 4.79 Å². The Morgan fingerprint density at radius 1 is 1.26 bits per heavy atom. The summed E-state index contributed by atoms with van der Waals surface area (Å²) >= 11 is 0. The molecule has 0 spiro atoms. The fourth-order valence-electron chi connectivity index (χ4n) is 3.95. The third-order valence-electron chi connectivity index (χ3n) is 5.40. The maximum Gasteiger partial charge on any atom is 0.244 e. The maximum atomic E-state index is 12.4. The van der Waals surface area contributed by atoms with Gasteiger partial charge in [0, 0.05) is 29.3 Å². The Morgan fingerprint density at radius 3 is 2.89 bits per heavy atom. The number of amides is 1. The van der Waals surface area contributed by atoms with Crippen molar-refractivity contribution in [3.63, 3.8) is 0 Å². The SMILES string of the molecule is Cc1n[nH]c(C)c1/C=C/C(=O)NC1CCCC(c2nc3ccccc3[nH]2)C1. The fraction of sp³-hybridized carbons (Fsp3) is 0.381. The summed E-state index contributed by atoms with van der Waals surface area (Å²) in [5.41, 5.74) is 4.94. The van der Waals surface area contributed by atoms with Crippen molar-refractivity contribution in [1.29, 1.82) is 0 Å². The molecule has 1 saturated carbocycles. The Bertz CT molecular complexity index is 931. The number of nitrogens with one attached hydrogen (secondary N) is 3. The molecule has 140 valence electrons. The molecule has 1 aliphatic rings. The highest BCUT2D eigenvalue weighted by molar-refractivity contribution is 5.92. The standard InChI is InChI=1S/C21H25N5O/c1-13-17(14(2)26-25-13)10-11-20(27)22-16-7-5-6-15(12-16)21-23-18-8-3-4-9-19(18)24-21/h3-4,8-11,15-16H,5-7,12H2,1-2H3,(H,22,27)(H,23,24)(H,25,26)/b11-10+. The van der Waals surface area contributed by atoms with Crippen molar-refractivity contribution in [2.75, 3.05) is 0 Å². The topological polar surface area (TPSA) is 86.5 Å². The molecular weight excluding hydrogens is 338 g/mol. The number of hydrogen-bond acceptors (Lipinski definition) is 3. The second-order valence-corrected chi connectivity index (χ2v) is 7.39. The number of fused-ring (bicyclic) bond motifs is 1. The van der Waals surface area contributed by atoms with Crippen LogP contribution in [0, 0.1) is 13.8 Å². The van der Waals surface area contributed by atoms with Gasteiger partial charge in [-0.3, -0.25) is 9.89 Å². The molecule has 1 aromatic carbocycles. The molecule has 27 heavy (non-hydrogen) atoms. The number of para-hydroxylation sites is 2. The van der Waals surface area contributed by atoms with E-state index in [1.807, 2.05) is 38.1 Å². The molecule has 2 aromatic heterocycles. The first-order valence-electron chi connectivity index (χ1n) is 9.55. The van der Waals surface area contributed by atoms with Gasteiger partial charge in [-0.1, -0.05) is 18.6 Å². The molecule has 0 aliphatic heterocycles. The van der Waals surface area contributed by atoms with E-state index in [4.69, 9.17) is 4.98 Å². The Hall–Kier alpha value is -2.89. The molecule has 3 N–H and O–H groups in total. The van der Waals surface area contributed by atoms with Gasteiger partial charge in [0.15, 0.2) is 0 Å². The number of nitrogens with zero attached hydrogens (tertiary/aromatic N) is 2. The second-order valence-electron chi connectivity index (χ2n) is 7.39. The van der Waals surface area contributed by atoms with Crippen LogP contribution in [-0.2, 0) is 4.79 Å². The summed E-state index contributed by atoms with van der Waals surface area (Å²) < 4.78 is 0. The van der Waals surface area contributed by atoms with Crippen LogP contribution in [0.5, 0.6) is 0 Å². The van der Waals surface area contributed by atoms with Gasteiger partial charge in [-0.05, 0) is 51.3 Å². The molecule has 1 fully saturated rings. The van der Waals surface area contributed by atoms with Crippen molar-refractivity contribution >= 4 is 23.0 Å². The lowest BCUT2D eigenvalue weighted by molar-refractivity contribution is -0.117. The third kappa shape index (κ3) is 3.79. The van der Waals surface area contributed by atoms with Crippen LogP contribution in [0.15, 0.2) is 30.3 Å². The quantitative estimate of drug-likeness (QED) is 0.617. The molecule has 3 aromatic rings. The lowest BCUT2D eigenvalue weighted by atomic mass is 9.85. The van der Waals surface area contributed by atoms with E-state index in [-0.39, 0.29) is 11.9 Å². The third-order valence-corrected chi connectivity index (χ3v) is 5.40. The first-order valence-corrected chi connectivity index (χ1v) is 9.55. The minimum absolute atomic E-state index is 0.0507. The van der Waals surface area contributed by atoms with Crippen LogP contribution >= 0.6 is 0 Å². The van der Waals surface area contributed by atoms with Gasteiger partial charge >= 0.3 is 0 Å². The van der Waals surface area contributed by atoms with E-state index in [1.165, 1.54) is 0 Å². The van der Waals surface area contributed by atoms with E-state index in [0.717, 1.165) is 59.5 Å². The Balaban J connectivity index is 1.40. The number of imidazole rings is 1. The summed E-state index contributed by atoms with van der Waals surface area (Å²) in [6, 6.07) is 8.29. The maximum absolute atomic E-state index is 12.4. The average Bonchev–Trinajstić information content (AvgIpc) is 3.24. The molecule has 2 atom stereocenters. The van der Waals surface area contributed by atoms with Crippen LogP contribution < -0.4 is 5.32 Å². The highest BCUT2D eigenvalue weighted by atomic mass is 16.1. The smallest absolute Gasteiger partial charge is 0.244 e.